The Hall–Kier alpha value is -3.43. The lowest BCUT2D eigenvalue weighted by Crippen LogP contribution is -2.54. The summed E-state index contributed by atoms with van der Waals surface area (Å²) in [4.78, 5) is 39.8. The number of hydrogen-bond donors (Lipinski definition) is 2. The number of amides is 3. The summed E-state index contributed by atoms with van der Waals surface area (Å²) < 4.78 is 17.2. The van der Waals surface area contributed by atoms with Crippen molar-refractivity contribution in [3.05, 3.63) is 59.7 Å². The number of methoxy groups -OCH3 is 1. The van der Waals surface area contributed by atoms with Gasteiger partial charge in [0.15, 0.2) is 0 Å². The molecule has 36 heavy (non-hydrogen) atoms. The Morgan fingerprint density at radius 3 is 2.69 bits per heavy atom. The first kappa shape index (κ1) is 25.7. The van der Waals surface area contributed by atoms with Crippen LogP contribution < -0.4 is 15.4 Å². The molecule has 3 atom stereocenters. The molecule has 2 aromatic carbocycles. The van der Waals surface area contributed by atoms with Crippen LogP contribution in [0.1, 0.15) is 35.2 Å². The highest BCUT2D eigenvalue weighted by atomic mass is 16.5. The van der Waals surface area contributed by atoms with Crippen molar-refractivity contribution in [2.75, 3.05) is 39.2 Å². The first-order chi connectivity index (χ1) is 17.4. The normalized spacial score (nSPS) is 21.3. The van der Waals surface area contributed by atoms with Gasteiger partial charge in [-0.3, -0.25) is 14.4 Å². The molecule has 1 saturated heterocycles. The highest BCUT2D eigenvalue weighted by Gasteiger charge is 2.39. The summed E-state index contributed by atoms with van der Waals surface area (Å²) in [5, 5.41) is 5.69. The molecule has 9 heteroatoms. The number of rotatable bonds is 8. The average Bonchev–Trinajstić information content (AvgIpc) is 2.87. The molecule has 2 aliphatic rings. The van der Waals surface area contributed by atoms with E-state index in [9.17, 15) is 14.4 Å². The van der Waals surface area contributed by atoms with Crippen molar-refractivity contribution < 1.29 is 28.6 Å². The molecule has 9 nitrogen and oxygen atoms in total. The Kier molecular flexibility index (Phi) is 8.56. The number of carbonyl (C=O) groups is 3. The lowest BCUT2D eigenvalue weighted by Gasteiger charge is -2.42. The molecule has 4 rings (SSSR count). The lowest BCUT2D eigenvalue weighted by atomic mass is 9.94. The minimum Gasteiger partial charge on any atom is -0.490 e. The second-order valence-electron chi connectivity index (χ2n) is 9.14. The number of nitrogens with zero attached hydrogens (tertiary/aromatic N) is 1. The average molecular weight is 496 g/mol. The molecule has 3 amide bonds. The van der Waals surface area contributed by atoms with Crippen molar-refractivity contribution >= 4 is 23.4 Å². The standard InChI is InChI=1S/C27H33N3O6/c1-30-22-10-9-20(16-25(31)28-12-13-34-2)36-24(22)17-35-23-11-8-19(15-21(23)27(30)33)29-26(32)14-18-6-4-3-5-7-18/h3-8,11,15,20,22,24H,9-10,12-14,16-17H2,1-2H3,(H,28,31)(H,29,32)/t20-,22+,24-/m1/s1. The Balaban J connectivity index is 1.40. The topological polar surface area (TPSA) is 106 Å². The SMILES string of the molecule is COCCNC(=O)C[C@H]1CC[C@H]2[C@@H](COc3ccc(NC(=O)Cc4ccccc4)cc3C(=O)N2C)O1. The van der Waals surface area contributed by atoms with Crippen molar-refractivity contribution in [3.8, 4) is 5.75 Å². The molecule has 0 aromatic heterocycles. The first-order valence-electron chi connectivity index (χ1n) is 12.2. The Morgan fingerprint density at radius 1 is 1.11 bits per heavy atom. The lowest BCUT2D eigenvalue weighted by molar-refractivity contribution is -0.134. The molecule has 0 bridgehead atoms. The Labute approximate surface area is 211 Å². The fraction of sp³-hybridized carbons (Fsp3) is 0.444. The van der Waals surface area contributed by atoms with E-state index in [0.29, 0.717) is 43.0 Å². The largest absolute Gasteiger partial charge is 0.490 e. The van der Waals surface area contributed by atoms with Crippen LogP contribution in [-0.4, -0.2) is 74.8 Å². The minimum atomic E-state index is -0.345. The second-order valence-corrected chi connectivity index (χ2v) is 9.14. The zero-order valence-corrected chi connectivity index (χ0v) is 20.7. The van der Waals surface area contributed by atoms with E-state index < -0.39 is 0 Å². The van der Waals surface area contributed by atoms with Gasteiger partial charge in [0.2, 0.25) is 11.8 Å². The van der Waals surface area contributed by atoms with Crippen LogP contribution in [0, 0.1) is 0 Å². The number of likely N-dealkylation sites (N-methyl/N-ethyl adjacent to an activating group) is 1. The molecule has 0 aliphatic carbocycles. The third-order valence-electron chi connectivity index (χ3n) is 6.54. The Morgan fingerprint density at radius 2 is 1.92 bits per heavy atom. The maximum Gasteiger partial charge on any atom is 0.257 e. The van der Waals surface area contributed by atoms with Crippen LogP contribution in [0.4, 0.5) is 5.69 Å². The van der Waals surface area contributed by atoms with E-state index in [0.717, 1.165) is 5.56 Å². The highest BCUT2D eigenvalue weighted by molar-refractivity contribution is 6.00. The maximum absolute atomic E-state index is 13.4. The van der Waals surface area contributed by atoms with E-state index >= 15 is 0 Å². The van der Waals surface area contributed by atoms with E-state index in [1.807, 2.05) is 30.3 Å². The maximum atomic E-state index is 13.4. The highest BCUT2D eigenvalue weighted by Crippen LogP contribution is 2.32. The summed E-state index contributed by atoms with van der Waals surface area (Å²) in [5.41, 5.74) is 1.85. The summed E-state index contributed by atoms with van der Waals surface area (Å²) in [6, 6.07) is 14.4. The van der Waals surface area contributed by atoms with Crippen LogP contribution in [-0.2, 0) is 25.5 Å². The van der Waals surface area contributed by atoms with Gasteiger partial charge >= 0.3 is 0 Å². The molecule has 2 aromatic rings. The third-order valence-corrected chi connectivity index (χ3v) is 6.54. The van der Waals surface area contributed by atoms with E-state index in [1.54, 1.807) is 37.3 Å². The van der Waals surface area contributed by atoms with Crippen molar-refractivity contribution in [1.82, 2.24) is 10.2 Å². The molecule has 0 unspecified atom stereocenters. The first-order valence-corrected chi connectivity index (χ1v) is 12.2. The van der Waals surface area contributed by atoms with Crippen LogP contribution in [0.25, 0.3) is 0 Å². The molecule has 0 spiro atoms. The van der Waals surface area contributed by atoms with Gasteiger partial charge in [0.25, 0.3) is 5.91 Å². The zero-order valence-electron chi connectivity index (χ0n) is 20.7. The Bertz CT molecular complexity index is 1080. The van der Waals surface area contributed by atoms with Crippen molar-refractivity contribution in [2.24, 2.45) is 0 Å². The van der Waals surface area contributed by atoms with Gasteiger partial charge in [0.1, 0.15) is 18.5 Å². The molecule has 1 fully saturated rings. The smallest absolute Gasteiger partial charge is 0.257 e. The number of fused-ring (bicyclic) bond motifs is 2. The molecule has 0 radical (unpaired) electrons. The zero-order chi connectivity index (χ0) is 25.5. The van der Waals surface area contributed by atoms with Gasteiger partial charge < -0.3 is 29.7 Å². The monoisotopic (exact) mass is 495 g/mol. The summed E-state index contributed by atoms with van der Waals surface area (Å²) in [7, 11) is 3.35. The van der Waals surface area contributed by atoms with Crippen LogP contribution in [0.3, 0.4) is 0 Å². The summed E-state index contributed by atoms with van der Waals surface area (Å²) in [6.07, 6.45) is 1.29. The second kappa shape index (κ2) is 12.0. The number of hydrogen-bond acceptors (Lipinski definition) is 6. The fourth-order valence-electron chi connectivity index (χ4n) is 4.66. The van der Waals surface area contributed by atoms with Crippen LogP contribution in [0.2, 0.25) is 0 Å². The predicted octanol–water partition coefficient (Wildman–Crippen LogP) is 2.40. The summed E-state index contributed by atoms with van der Waals surface area (Å²) in [6.45, 7) is 1.18. The van der Waals surface area contributed by atoms with Crippen molar-refractivity contribution in [1.29, 1.82) is 0 Å². The molecule has 2 N–H and O–H groups in total. The molecular formula is C27H33N3O6. The van der Waals surface area contributed by atoms with Gasteiger partial charge in [0.05, 0.1) is 37.2 Å². The molecule has 2 heterocycles. The van der Waals surface area contributed by atoms with Gasteiger partial charge in [-0.25, -0.2) is 0 Å². The number of ether oxygens (including phenoxy) is 3. The number of anilines is 1. The van der Waals surface area contributed by atoms with Crippen LogP contribution in [0.15, 0.2) is 48.5 Å². The van der Waals surface area contributed by atoms with Gasteiger partial charge in [-0.05, 0) is 36.6 Å². The molecule has 0 saturated carbocycles. The van der Waals surface area contributed by atoms with Crippen molar-refractivity contribution in [3.63, 3.8) is 0 Å². The predicted molar refractivity (Wildman–Crippen MR) is 134 cm³/mol. The van der Waals surface area contributed by atoms with E-state index in [-0.39, 0.29) is 55.4 Å². The quantitative estimate of drug-likeness (QED) is 0.545. The van der Waals surface area contributed by atoms with E-state index in [2.05, 4.69) is 10.6 Å². The summed E-state index contributed by atoms with van der Waals surface area (Å²) >= 11 is 0. The fourth-order valence-corrected chi connectivity index (χ4v) is 4.66. The van der Waals surface area contributed by atoms with Gasteiger partial charge in [-0.15, -0.1) is 0 Å². The molecule has 2 aliphatic heterocycles. The van der Waals surface area contributed by atoms with Gasteiger partial charge in [-0.1, -0.05) is 30.3 Å². The third kappa shape index (κ3) is 6.41. The van der Waals surface area contributed by atoms with Gasteiger partial charge in [-0.2, -0.15) is 0 Å². The van der Waals surface area contributed by atoms with E-state index in [1.165, 1.54) is 0 Å². The van der Waals surface area contributed by atoms with Crippen molar-refractivity contribution in [2.45, 2.75) is 43.9 Å². The molecular weight excluding hydrogens is 462 g/mol. The van der Waals surface area contributed by atoms with Crippen LogP contribution in [0.5, 0.6) is 5.75 Å². The number of nitrogens with one attached hydrogen (secondary N) is 2. The van der Waals surface area contributed by atoms with Crippen LogP contribution >= 0.6 is 0 Å². The number of carbonyl (C=O) groups excluding carboxylic acids is 3. The molecule has 192 valence electrons. The van der Waals surface area contributed by atoms with E-state index in [4.69, 9.17) is 14.2 Å². The van der Waals surface area contributed by atoms with Gasteiger partial charge in [0, 0.05) is 26.4 Å². The minimum absolute atomic E-state index is 0.0844. The summed E-state index contributed by atoms with van der Waals surface area (Å²) in [5.74, 6) is -0.00162. The number of benzene rings is 2.